The second-order valence-electron chi connectivity index (χ2n) is 7.27. The molecule has 1 heterocycles. The van der Waals surface area contributed by atoms with Crippen molar-refractivity contribution >= 4 is 6.09 Å². The van der Waals surface area contributed by atoms with Crippen molar-refractivity contribution in [1.29, 1.82) is 0 Å². The topological polar surface area (TPSA) is 70.8 Å². The minimum absolute atomic E-state index is 0.0524. The molecule has 0 aromatic carbocycles. The van der Waals surface area contributed by atoms with E-state index < -0.39 is 5.60 Å². The minimum atomic E-state index is -0.482. The van der Waals surface area contributed by atoms with Gasteiger partial charge in [-0.15, -0.1) is 0 Å². The lowest BCUT2D eigenvalue weighted by Gasteiger charge is -2.33. The van der Waals surface area contributed by atoms with E-state index in [4.69, 9.17) is 10.5 Å². The molecule has 1 fully saturated rings. The number of likely N-dealkylation sites (tertiary alicyclic amines) is 1. The van der Waals surface area contributed by atoms with Crippen LogP contribution in [0, 0.1) is 0 Å². The van der Waals surface area contributed by atoms with E-state index in [0.717, 1.165) is 13.1 Å². The van der Waals surface area contributed by atoms with Crippen molar-refractivity contribution < 1.29 is 9.53 Å². The lowest BCUT2D eigenvalue weighted by atomic mass is 10.1. The van der Waals surface area contributed by atoms with E-state index in [2.05, 4.69) is 22.2 Å². The number of likely N-dealkylation sites (N-methyl/N-ethyl adjacent to an activating group) is 1. The quantitative estimate of drug-likeness (QED) is 0.740. The number of hydrogen-bond acceptors (Lipinski definition) is 5. The van der Waals surface area contributed by atoms with E-state index in [1.165, 1.54) is 25.9 Å². The van der Waals surface area contributed by atoms with Crippen LogP contribution in [-0.4, -0.2) is 73.3 Å². The summed E-state index contributed by atoms with van der Waals surface area (Å²) in [6.45, 7) is 12.5. The van der Waals surface area contributed by atoms with E-state index in [1.807, 2.05) is 27.7 Å². The molecule has 1 saturated heterocycles. The molecular formula is C16H34N4O2. The lowest BCUT2D eigenvalue weighted by Crippen LogP contribution is -2.54. The number of rotatable bonds is 7. The Bertz CT molecular complexity index is 338. The van der Waals surface area contributed by atoms with Gasteiger partial charge in [0, 0.05) is 31.7 Å². The van der Waals surface area contributed by atoms with Gasteiger partial charge in [0.05, 0.1) is 0 Å². The zero-order valence-electron chi connectivity index (χ0n) is 14.9. The predicted molar refractivity (Wildman–Crippen MR) is 90.0 cm³/mol. The van der Waals surface area contributed by atoms with Gasteiger partial charge >= 0.3 is 6.09 Å². The molecule has 2 atom stereocenters. The molecule has 0 aromatic heterocycles. The molecule has 6 nitrogen and oxygen atoms in total. The lowest BCUT2D eigenvalue weighted by molar-refractivity contribution is 0.0476. The molecule has 1 amide bonds. The standard InChI is InChI=1S/C16H34N4O2/c1-13(18-15(21)22-16(2,3)4)14(12-17)19(5)10-11-20-8-6-7-9-20/h13-14H,6-12,17H2,1-5H3,(H,18,21). The van der Waals surface area contributed by atoms with Crippen LogP contribution < -0.4 is 11.1 Å². The molecule has 0 aliphatic carbocycles. The van der Waals surface area contributed by atoms with E-state index in [1.54, 1.807) is 0 Å². The Morgan fingerprint density at radius 2 is 1.95 bits per heavy atom. The number of carbonyl (C=O) groups excluding carboxylic acids is 1. The third-order valence-corrected chi connectivity index (χ3v) is 4.10. The highest BCUT2D eigenvalue weighted by molar-refractivity contribution is 5.68. The van der Waals surface area contributed by atoms with Crippen LogP contribution in [0.25, 0.3) is 0 Å². The number of alkyl carbamates (subject to hydrolysis) is 1. The minimum Gasteiger partial charge on any atom is -0.444 e. The van der Waals surface area contributed by atoms with Gasteiger partial charge in [0.25, 0.3) is 0 Å². The van der Waals surface area contributed by atoms with Crippen LogP contribution in [0.15, 0.2) is 0 Å². The molecule has 6 heteroatoms. The van der Waals surface area contributed by atoms with Gasteiger partial charge in [0.15, 0.2) is 0 Å². The van der Waals surface area contributed by atoms with Crippen LogP contribution in [-0.2, 0) is 4.74 Å². The highest BCUT2D eigenvalue weighted by Gasteiger charge is 2.25. The molecule has 0 aromatic rings. The predicted octanol–water partition coefficient (Wildman–Crippen LogP) is 1.25. The van der Waals surface area contributed by atoms with Crippen LogP contribution in [0.2, 0.25) is 0 Å². The molecule has 0 saturated carbocycles. The van der Waals surface area contributed by atoms with Gasteiger partial charge in [-0.2, -0.15) is 0 Å². The van der Waals surface area contributed by atoms with E-state index >= 15 is 0 Å². The zero-order valence-corrected chi connectivity index (χ0v) is 14.9. The fourth-order valence-corrected chi connectivity index (χ4v) is 2.83. The van der Waals surface area contributed by atoms with Crippen LogP contribution in [0.3, 0.4) is 0 Å². The maximum Gasteiger partial charge on any atom is 0.407 e. The van der Waals surface area contributed by atoms with Gasteiger partial charge in [0.2, 0.25) is 0 Å². The zero-order chi connectivity index (χ0) is 16.8. The summed E-state index contributed by atoms with van der Waals surface area (Å²) in [6.07, 6.45) is 2.23. The Kier molecular flexibility index (Phi) is 7.59. The van der Waals surface area contributed by atoms with Gasteiger partial charge in [-0.3, -0.25) is 4.90 Å². The number of nitrogens with one attached hydrogen (secondary N) is 1. The summed E-state index contributed by atoms with van der Waals surface area (Å²) in [7, 11) is 2.07. The van der Waals surface area contributed by atoms with Crippen molar-refractivity contribution in [1.82, 2.24) is 15.1 Å². The SMILES string of the molecule is CC(NC(=O)OC(C)(C)C)C(CN)N(C)CCN1CCCC1. The summed E-state index contributed by atoms with van der Waals surface area (Å²) in [5.74, 6) is 0. The molecule has 0 radical (unpaired) electrons. The van der Waals surface area contributed by atoms with Crippen molar-refractivity contribution in [2.45, 2.75) is 58.2 Å². The number of ether oxygens (including phenoxy) is 1. The third kappa shape index (κ3) is 6.94. The summed E-state index contributed by atoms with van der Waals surface area (Å²) in [4.78, 5) is 16.6. The fraction of sp³-hybridized carbons (Fsp3) is 0.938. The number of amides is 1. The highest BCUT2D eigenvalue weighted by atomic mass is 16.6. The smallest absolute Gasteiger partial charge is 0.407 e. The van der Waals surface area contributed by atoms with Crippen molar-refractivity contribution in [2.24, 2.45) is 5.73 Å². The van der Waals surface area contributed by atoms with Crippen LogP contribution >= 0.6 is 0 Å². The monoisotopic (exact) mass is 314 g/mol. The molecule has 2 unspecified atom stereocenters. The average Bonchev–Trinajstić information content (AvgIpc) is 2.87. The molecule has 130 valence electrons. The Labute approximate surface area is 135 Å². The molecule has 0 bridgehead atoms. The molecule has 22 heavy (non-hydrogen) atoms. The first kappa shape index (κ1) is 19.2. The van der Waals surface area contributed by atoms with E-state index in [9.17, 15) is 4.79 Å². The Hall–Kier alpha value is -0.850. The first-order valence-electron chi connectivity index (χ1n) is 8.35. The maximum absolute atomic E-state index is 11.9. The fourth-order valence-electron chi connectivity index (χ4n) is 2.83. The second-order valence-corrected chi connectivity index (χ2v) is 7.27. The van der Waals surface area contributed by atoms with Crippen molar-refractivity contribution in [2.75, 3.05) is 39.8 Å². The van der Waals surface area contributed by atoms with E-state index in [0.29, 0.717) is 6.54 Å². The first-order valence-corrected chi connectivity index (χ1v) is 8.35. The summed E-state index contributed by atoms with van der Waals surface area (Å²) >= 11 is 0. The van der Waals surface area contributed by atoms with Gasteiger partial charge < -0.3 is 20.7 Å². The molecule has 0 spiro atoms. The largest absolute Gasteiger partial charge is 0.444 e. The van der Waals surface area contributed by atoms with Gasteiger partial charge in [0.1, 0.15) is 5.60 Å². The second kappa shape index (κ2) is 8.70. The van der Waals surface area contributed by atoms with Crippen molar-refractivity contribution in [3.63, 3.8) is 0 Å². The number of nitrogens with two attached hydrogens (primary N) is 1. The maximum atomic E-state index is 11.9. The Balaban J connectivity index is 2.41. The summed E-state index contributed by atoms with van der Waals surface area (Å²) < 4.78 is 5.31. The molecule has 3 N–H and O–H groups in total. The number of carbonyl (C=O) groups is 1. The van der Waals surface area contributed by atoms with Crippen LogP contribution in [0.1, 0.15) is 40.5 Å². The van der Waals surface area contributed by atoms with Crippen LogP contribution in [0.4, 0.5) is 4.79 Å². The van der Waals surface area contributed by atoms with Crippen molar-refractivity contribution in [3.05, 3.63) is 0 Å². The van der Waals surface area contributed by atoms with Gasteiger partial charge in [-0.05, 0) is 60.7 Å². The summed E-state index contributed by atoms with van der Waals surface area (Å²) in [5, 5.41) is 2.90. The van der Waals surface area contributed by atoms with Gasteiger partial charge in [-0.1, -0.05) is 0 Å². The third-order valence-electron chi connectivity index (χ3n) is 4.10. The van der Waals surface area contributed by atoms with Crippen LogP contribution in [0.5, 0.6) is 0 Å². The summed E-state index contributed by atoms with van der Waals surface area (Å²) in [6, 6.07) is 0.0542. The highest BCUT2D eigenvalue weighted by Crippen LogP contribution is 2.10. The molecule has 1 aliphatic heterocycles. The normalized spacial score (nSPS) is 19.2. The Morgan fingerprint density at radius 1 is 1.36 bits per heavy atom. The first-order chi connectivity index (χ1) is 10.2. The molecule has 1 aliphatic rings. The van der Waals surface area contributed by atoms with E-state index in [-0.39, 0.29) is 18.2 Å². The number of nitrogens with zero attached hydrogens (tertiary/aromatic N) is 2. The molecule has 1 rings (SSSR count). The summed E-state index contributed by atoms with van der Waals surface area (Å²) in [5.41, 5.74) is 5.43. The molecular weight excluding hydrogens is 280 g/mol. The van der Waals surface area contributed by atoms with Crippen molar-refractivity contribution in [3.8, 4) is 0 Å². The Morgan fingerprint density at radius 3 is 2.45 bits per heavy atom. The van der Waals surface area contributed by atoms with Gasteiger partial charge in [-0.25, -0.2) is 4.79 Å². The number of hydrogen-bond donors (Lipinski definition) is 2. The average molecular weight is 314 g/mol.